The number of benzene rings is 3. The van der Waals surface area contributed by atoms with Gasteiger partial charge in [0.25, 0.3) is 11.8 Å². The van der Waals surface area contributed by atoms with Crippen molar-refractivity contribution in [2.45, 2.75) is 38.0 Å². The highest BCUT2D eigenvalue weighted by atomic mass is 32.2. The number of rotatable bonds is 12. The van der Waals surface area contributed by atoms with Gasteiger partial charge in [-0.05, 0) is 91.8 Å². The van der Waals surface area contributed by atoms with Gasteiger partial charge in [0.15, 0.2) is 0 Å². The number of ether oxygens (including phenoxy) is 1. The zero-order valence-corrected chi connectivity index (χ0v) is 29.6. The van der Waals surface area contributed by atoms with Crippen LogP contribution in [-0.2, 0) is 27.2 Å². The van der Waals surface area contributed by atoms with E-state index in [-0.39, 0.29) is 24.0 Å². The van der Waals surface area contributed by atoms with Gasteiger partial charge in [-0.25, -0.2) is 4.79 Å². The number of hydrogen-bond acceptors (Lipinski definition) is 8. The molecule has 0 fully saturated rings. The third-order valence-corrected chi connectivity index (χ3v) is 10.1. The molecule has 4 aromatic rings. The van der Waals surface area contributed by atoms with Crippen LogP contribution in [0, 0.1) is 5.92 Å². The number of esters is 1. The molecule has 5 rings (SSSR count). The van der Waals surface area contributed by atoms with Crippen LogP contribution in [0.2, 0.25) is 0 Å². The van der Waals surface area contributed by atoms with E-state index in [1.165, 1.54) is 23.1 Å². The van der Waals surface area contributed by atoms with E-state index in [2.05, 4.69) is 22.9 Å². The van der Waals surface area contributed by atoms with Crippen LogP contribution < -0.4 is 20.9 Å². The average Bonchev–Trinajstić information content (AvgIpc) is 3.44. The van der Waals surface area contributed by atoms with E-state index in [0.29, 0.717) is 27.7 Å². The molecule has 11 heteroatoms. The van der Waals surface area contributed by atoms with E-state index >= 15 is 0 Å². The van der Waals surface area contributed by atoms with Gasteiger partial charge in [-0.15, -0.1) is 23.1 Å². The Labute approximate surface area is 295 Å². The fourth-order valence-electron chi connectivity index (χ4n) is 5.41. The number of nitrogens with zero attached hydrogens (tertiary/aromatic N) is 1. The molecule has 1 aliphatic rings. The first-order chi connectivity index (χ1) is 23.6. The first kappa shape index (κ1) is 35.4. The van der Waals surface area contributed by atoms with E-state index in [1.54, 1.807) is 55.5 Å². The number of thiophene rings is 1. The zero-order valence-electron chi connectivity index (χ0n) is 28.0. The highest BCUT2D eigenvalue weighted by Gasteiger charge is 2.29. The van der Waals surface area contributed by atoms with E-state index in [1.807, 2.05) is 55.4 Å². The molecule has 0 aliphatic heterocycles. The second-order valence-corrected chi connectivity index (χ2v) is 14.1. The standard InChI is InChI=1S/C38H40N4O5S2/c1-5-47-38(46)34-30-19-14-24(2)20-32(30)49-37(34)41-33(43)23-48-29-13-9-12-27(22-29)39-36(45)31(40-35(44)26-10-7-6-8-11-26)21-25-15-17-28(18-16-25)42(3)4/h6-13,15-18,21-22,24H,5,14,19-20,23H2,1-4H3,(H,39,45)(H,40,44)(H,41,43)/b31-21+. The monoisotopic (exact) mass is 696 g/mol. The Morgan fingerprint density at radius 3 is 2.45 bits per heavy atom. The number of amides is 3. The highest BCUT2D eigenvalue weighted by Crippen LogP contribution is 2.40. The van der Waals surface area contributed by atoms with Crippen molar-refractivity contribution in [2.24, 2.45) is 5.92 Å². The lowest BCUT2D eigenvalue weighted by atomic mass is 9.88. The van der Waals surface area contributed by atoms with E-state index in [0.717, 1.165) is 45.8 Å². The predicted octanol–water partition coefficient (Wildman–Crippen LogP) is 7.26. The van der Waals surface area contributed by atoms with Crippen LogP contribution in [0.4, 0.5) is 16.4 Å². The molecule has 0 bridgehead atoms. The molecule has 0 saturated heterocycles. The first-order valence-corrected chi connectivity index (χ1v) is 17.9. The third-order valence-electron chi connectivity index (χ3n) is 7.96. The summed E-state index contributed by atoms with van der Waals surface area (Å²) in [6.45, 7) is 4.22. The zero-order chi connectivity index (χ0) is 34.9. The quantitative estimate of drug-likeness (QED) is 0.0812. The predicted molar refractivity (Wildman–Crippen MR) is 199 cm³/mol. The molecule has 3 aromatic carbocycles. The lowest BCUT2D eigenvalue weighted by molar-refractivity contribution is -0.114. The van der Waals surface area contributed by atoms with E-state index < -0.39 is 17.8 Å². The molecule has 0 spiro atoms. The van der Waals surface area contributed by atoms with Crippen LogP contribution in [-0.4, -0.2) is 50.1 Å². The maximum absolute atomic E-state index is 13.6. The van der Waals surface area contributed by atoms with Crippen LogP contribution >= 0.6 is 23.1 Å². The van der Waals surface area contributed by atoms with Crippen molar-refractivity contribution in [1.82, 2.24) is 5.32 Å². The van der Waals surface area contributed by atoms with Gasteiger partial charge < -0.3 is 25.6 Å². The van der Waals surface area contributed by atoms with Crippen LogP contribution in [0.1, 0.15) is 57.0 Å². The summed E-state index contributed by atoms with van der Waals surface area (Å²) in [7, 11) is 3.89. The van der Waals surface area contributed by atoms with Gasteiger partial charge in [0.1, 0.15) is 10.7 Å². The van der Waals surface area contributed by atoms with E-state index in [4.69, 9.17) is 4.74 Å². The Morgan fingerprint density at radius 1 is 0.980 bits per heavy atom. The Balaban J connectivity index is 1.27. The minimum atomic E-state index is -0.497. The van der Waals surface area contributed by atoms with Crippen molar-refractivity contribution >= 4 is 69.2 Å². The van der Waals surface area contributed by atoms with Gasteiger partial charge in [0.2, 0.25) is 5.91 Å². The molecule has 1 atom stereocenters. The summed E-state index contributed by atoms with van der Waals surface area (Å²) in [5.41, 5.74) is 4.22. The van der Waals surface area contributed by atoms with Gasteiger partial charge in [0, 0.05) is 40.8 Å². The van der Waals surface area contributed by atoms with Crippen molar-refractivity contribution in [3.8, 4) is 0 Å². The third kappa shape index (κ3) is 9.39. The number of carbonyl (C=O) groups excluding carboxylic acids is 4. The van der Waals surface area contributed by atoms with Crippen LogP contribution in [0.5, 0.6) is 0 Å². The summed E-state index contributed by atoms with van der Waals surface area (Å²) in [6.07, 6.45) is 4.30. The summed E-state index contributed by atoms with van der Waals surface area (Å²) < 4.78 is 5.33. The number of thioether (sulfide) groups is 1. The first-order valence-electron chi connectivity index (χ1n) is 16.1. The van der Waals surface area contributed by atoms with Gasteiger partial charge >= 0.3 is 5.97 Å². The number of nitrogens with one attached hydrogen (secondary N) is 3. The molecular weight excluding hydrogens is 657 g/mol. The van der Waals surface area contributed by atoms with Crippen molar-refractivity contribution < 1.29 is 23.9 Å². The molecule has 0 saturated carbocycles. The molecule has 1 unspecified atom stereocenters. The van der Waals surface area contributed by atoms with E-state index in [9.17, 15) is 19.2 Å². The van der Waals surface area contributed by atoms with Crippen molar-refractivity contribution in [2.75, 3.05) is 42.0 Å². The average molecular weight is 697 g/mol. The van der Waals surface area contributed by atoms with Crippen LogP contribution in [0.15, 0.2) is 89.5 Å². The van der Waals surface area contributed by atoms with Crippen molar-refractivity contribution in [1.29, 1.82) is 0 Å². The Morgan fingerprint density at radius 2 is 1.73 bits per heavy atom. The highest BCUT2D eigenvalue weighted by molar-refractivity contribution is 8.00. The molecule has 254 valence electrons. The van der Waals surface area contributed by atoms with Crippen molar-refractivity contribution in [3.05, 3.63) is 112 Å². The number of carbonyl (C=O) groups is 4. The van der Waals surface area contributed by atoms with Crippen LogP contribution in [0.25, 0.3) is 6.08 Å². The normalized spacial score (nSPS) is 14.0. The van der Waals surface area contributed by atoms with Gasteiger partial charge in [-0.1, -0.05) is 43.3 Å². The minimum Gasteiger partial charge on any atom is -0.462 e. The summed E-state index contributed by atoms with van der Waals surface area (Å²) in [5, 5.41) is 9.15. The molecule has 1 heterocycles. The van der Waals surface area contributed by atoms with Gasteiger partial charge in [-0.2, -0.15) is 0 Å². The van der Waals surface area contributed by atoms with Crippen LogP contribution in [0.3, 0.4) is 0 Å². The molecule has 1 aliphatic carbocycles. The molecule has 9 nitrogen and oxygen atoms in total. The number of hydrogen-bond donors (Lipinski definition) is 3. The Bertz CT molecular complexity index is 1850. The SMILES string of the molecule is CCOC(=O)c1c(NC(=O)CSc2cccc(NC(=O)/C(=C\c3ccc(N(C)C)cc3)NC(=O)c3ccccc3)c2)sc2c1CCC(C)C2. The van der Waals surface area contributed by atoms with Gasteiger partial charge in [0.05, 0.1) is 17.9 Å². The Hall–Kier alpha value is -4.87. The molecular formula is C38H40N4O5S2. The van der Waals surface area contributed by atoms with Gasteiger partial charge in [-0.3, -0.25) is 14.4 Å². The topological polar surface area (TPSA) is 117 Å². The molecule has 0 radical (unpaired) electrons. The fourth-order valence-corrected chi connectivity index (χ4v) is 7.58. The summed E-state index contributed by atoms with van der Waals surface area (Å²) in [5.74, 6) is -0.933. The maximum Gasteiger partial charge on any atom is 0.341 e. The minimum absolute atomic E-state index is 0.0781. The Kier molecular flexibility index (Phi) is 11.9. The maximum atomic E-state index is 13.6. The second-order valence-electron chi connectivity index (χ2n) is 12.0. The molecule has 3 amide bonds. The number of anilines is 3. The summed E-state index contributed by atoms with van der Waals surface area (Å²) >= 11 is 2.77. The van der Waals surface area contributed by atoms with Crippen molar-refractivity contribution in [3.63, 3.8) is 0 Å². The number of fused-ring (bicyclic) bond motifs is 1. The fraction of sp³-hybridized carbons (Fsp3) is 0.263. The second kappa shape index (κ2) is 16.5. The molecule has 49 heavy (non-hydrogen) atoms. The lowest BCUT2D eigenvalue weighted by Gasteiger charge is -2.18. The lowest BCUT2D eigenvalue weighted by Crippen LogP contribution is -2.30. The summed E-state index contributed by atoms with van der Waals surface area (Å²) in [4.78, 5) is 56.4. The largest absolute Gasteiger partial charge is 0.462 e. The summed E-state index contributed by atoms with van der Waals surface area (Å²) in [6, 6.07) is 23.5. The molecule has 3 N–H and O–H groups in total. The molecule has 1 aromatic heterocycles. The smallest absolute Gasteiger partial charge is 0.341 e.